The molecule has 0 atom stereocenters. The zero-order valence-corrected chi connectivity index (χ0v) is 21.8. The van der Waals surface area contributed by atoms with Crippen molar-refractivity contribution in [2.24, 2.45) is 5.10 Å². The van der Waals surface area contributed by atoms with Crippen molar-refractivity contribution in [2.45, 2.75) is 44.9 Å². The first-order chi connectivity index (χ1) is 18.6. The lowest BCUT2D eigenvalue weighted by Gasteiger charge is -2.26. The number of ether oxygens (including phenoxy) is 3. The van der Waals surface area contributed by atoms with Crippen molar-refractivity contribution in [1.29, 1.82) is 0 Å². The van der Waals surface area contributed by atoms with Gasteiger partial charge in [-0.2, -0.15) is 9.78 Å². The average molecular weight is 519 g/mol. The van der Waals surface area contributed by atoms with E-state index in [9.17, 15) is 9.59 Å². The summed E-state index contributed by atoms with van der Waals surface area (Å²) in [5.41, 5.74) is 1.28. The molecule has 1 aliphatic carbocycles. The van der Waals surface area contributed by atoms with Crippen molar-refractivity contribution in [3.63, 3.8) is 0 Å². The fourth-order valence-corrected chi connectivity index (χ4v) is 5.04. The third-order valence-corrected chi connectivity index (χ3v) is 7.05. The molecule has 9 heteroatoms. The molecule has 2 fully saturated rings. The van der Waals surface area contributed by atoms with Crippen molar-refractivity contribution < 1.29 is 19.0 Å². The molecule has 1 amide bonds. The summed E-state index contributed by atoms with van der Waals surface area (Å²) in [6.07, 6.45) is 7.13. The van der Waals surface area contributed by atoms with Gasteiger partial charge in [-0.05, 0) is 55.7 Å². The van der Waals surface area contributed by atoms with Crippen LogP contribution in [0.2, 0.25) is 0 Å². The van der Waals surface area contributed by atoms with Crippen molar-refractivity contribution in [2.75, 3.05) is 39.5 Å². The van der Waals surface area contributed by atoms with Gasteiger partial charge in [0.15, 0.2) is 18.1 Å². The molecule has 1 aliphatic heterocycles. The molecular formula is C29H34N4O5. The third kappa shape index (κ3) is 5.88. The van der Waals surface area contributed by atoms with Gasteiger partial charge < -0.3 is 19.1 Å². The molecule has 1 saturated carbocycles. The second-order valence-electron chi connectivity index (χ2n) is 9.60. The van der Waals surface area contributed by atoms with Crippen LogP contribution in [-0.2, 0) is 9.53 Å². The summed E-state index contributed by atoms with van der Waals surface area (Å²) < 4.78 is 18.4. The van der Waals surface area contributed by atoms with Gasteiger partial charge >= 0.3 is 0 Å². The number of rotatable bonds is 8. The summed E-state index contributed by atoms with van der Waals surface area (Å²) in [6.45, 7) is 4.48. The number of nitrogens with zero attached hydrogens (tertiary/aromatic N) is 4. The van der Waals surface area contributed by atoms with Crippen LogP contribution in [0.3, 0.4) is 0 Å². The van der Waals surface area contributed by atoms with Gasteiger partial charge in [0.05, 0.1) is 36.9 Å². The summed E-state index contributed by atoms with van der Waals surface area (Å²) in [7, 11) is 0. The number of carbonyl (C=O) groups is 1. The van der Waals surface area contributed by atoms with Crippen LogP contribution in [-0.4, -0.2) is 66.2 Å². The number of para-hydroxylation sites is 1. The molecule has 0 radical (unpaired) electrons. The minimum atomic E-state index is -0.168. The second kappa shape index (κ2) is 12.2. The summed E-state index contributed by atoms with van der Waals surface area (Å²) >= 11 is 0. The van der Waals surface area contributed by atoms with E-state index in [4.69, 9.17) is 19.2 Å². The van der Waals surface area contributed by atoms with Gasteiger partial charge in [0, 0.05) is 19.0 Å². The monoisotopic (exact) mass is 518 g/mol. The van der Waals surface area contributed by atoms with Gasteiger partial charge in [-0.3, -0.25) is 9.59 Å². The molecule has 1 aromatic heterocycles. The minimum absolute atomic E-state index is 0.0730. The predicted octanol–water partition coefficient (Wildman–Crippen LogP) is 3.96. The Morgan fingerprint density at radius 2 is 1.87 bits per heavy atom. The van der Waals surface area contributed by atoms with E-state index in [1.807, 2.05) is 31.2 Å². The summed E-state index contributed by atoms with van der Waals surface area (Å²) in [5.74, 6) is 1.84. The number of morpholine rings is 1. The zero-order chi connectivity index (χ0) is 26.3. The number of fused-ring (bicyclic) bond motifs is 1. The van der Waals surface area contributed by atoms with Crippen LogP contribution in [0.5, 0.6) is 11.5 Å². The number of aromatic nitrogens is 2. The molecule has 2 aliphatic rings. The van der Waals surface area contributed by atoms with Crippen molar-refractivity contribution in [3.05, 3.63) is 64.2 Å². The minimum Gasteiger partial charge on any atom is -0.490 e. The highest BCUT2D eigenvalue weighted by atomic mass is 16.5. The molecule has 0 N–H and O–H groups in total. The van der Waals surface area contributed by atoms with Crippen LogP contribution in [0.4, 0.5) is 0 Å². The Kier molecular flexibility index (Phi) is 8.33. The fraction of sp³-hybridized carbons (Fsp3) is 0.448. The Labute approximate surface area is 222 Å². The molecule has 200 valence electrons. The first-order valence-corrected chi connectivity index (χ1v) is 13.4. The lowest BCUT2D eigenvalue weighted by molar-refractivity contribution is -0.137. The number of carbonyl (C=O) groups excluding carboxylic acids is 1. The Bertz CT molecular complexity index is 1360. The maximum atomic E-state index is 13.4. The van der Waals surface area contributed by atoms with Crippen molar-refractivity contribution in [1.82, 2.24) is 14.6 Å². The lowest BCUT2D eigenvalue weighted by Crippen LogP contribution is -2.43. The van der Waals surface area contributed by atoms with E-state index in [1.54, 1.807) is 29.3 Å². The van der Waals surface area contributed by atoms with E-state index in [2.05, 4.69) is 5.10 Å². The van der Waals surface area contributed by atoms with Crippen molar-refractivity contribution in [3.8, 4) is 11.5 Å². The highest BCUT2D eigenvalue weighted by molar-refractivity contribution is 5.82. The molecule has 1 saturated heterocycles. The SMILES string of the molecule is CCOc1cc(C=Nn2c(C3CCCCC3)nc3ccccc3c2=O)ccc1OCC(=O)N1CCOCC1. The molecule has 0 spiro atoms. The maximum Gasteiger partial charge on any atom is 0.282 e. The quantitative estimate of drug-likeness (QED) is 0.419. The van der Waals surface area contributed by atoms with E-state index in [0.717, 1.165) is 37.1 Å². The van der Waals surface area contributed by atoms with Crippen LogP contribution >= 0.6 is 0 Å². The summed E-state index contributed by atoms with van der Waals surface area (Å²) in [6, 6.07) is 12.8. The largest absolute Gasteiger partial charge is 0.490 e. The Morgan fingerprint density at radius 3 is 2.66 bits per heavy atom. The van der Waals surface area contributed by atoms with Gasteiger partial charge in [-0.1, -0.05) is 31.4 Å². The standard InChI is InChI=1S/C29H34N4O5/c1-2-37-26-18-21(12-13-25(26)38-20-27(34)32-14-16-36-17-15-32)19-30-33-28(22-8-4-3-5-9-22)31-24-11-7-6-10-23(24)29(33)35/h6-7,10-13,18-19,22H,2-5,8-9,14-17,20H2,1H3. The van der Waals surface area contributed by atoms with Gasteiger partial charge in [0.25, 0.3) is 11.5 Å². The highest BCUT2D eigenvalue weighted by Crippen LogP contribution is 2.32. The summed E-state index contributed by atoms with van der Waals surface area (Å²) in [4.78, 5) is 32.5. The second-order valence-corrected chi connectivity index (χ2v) is 9.60. The molecule has 2 aromatic carbocycles. The number of hydrogen-bond donors (Lipinski definition) is 0. The number of benzene rings is 2. The highest BCUT2D eigenvalue weighted by Gasteiger charge is 2.22. The molecule has 0 bridgehead atoms. The lowest BCUT2D eigenvalue weighted by atomic mass is 9.88. The molecular weight excluding hydrogens is 484 g/mol. The van der Waals surface area contributed by atoms with Crippen LogP contribution in [0.25, 0.3) is 10.9 Å². The molecule has 9 nitrogen and oxygen atoms in total. The summed E-state index contributed by atoms with van der Waals surface area (Å²) in [5, 5.41) is 5.16. The normalized spacial score (nSPS) is 16.7. The smallest absolute Gasteiger partial charge is 0.282 e. The average Bonchev–Trinajstić information content (AvgIpc) is 2.97. The van der Waals surface area contributed by atoms with Gasteiger partial charge in [0.1, 0.15) is 5.82 Å². The van der Waals surface area contributed by atoms with Gasteiger partial charge in [-0.25, -0.2) is 4.98 Å². The number of amides is 1. The first kappa shape index (κ1) is 25.9. The Balaban J connectivity index is 1.40. The van der Waals surface area contributed by atoms with Crippen LogP contribution in [0.15, 0.2) is 52.4 Å². The van der Waals surface area contributed by atoms with Gasteiger partial charge in [0.2, 0.25) is 0 Å². The molecule has 0 unspecified atom stereocenters. The van der Waals surface area contributed by atoms with Gasteiger partial charge in [-0.15, -0.1) is 0 Å². The topological polar surface area (TPSA) is 95.2 Å². The molecule has 2 heterocycles. The van der Waals surface area contributed by atoms with E-state index < -0.39 is 0 Å². The van der Waals surface area contributed by atoms with Crippen LogP contribution < -0.4 is 15.0 Å². The zero-order valence-electron chi connectivity index (χ0n) is 21.8. The Hall–Kier alpha value is -3.72. The van der Waals surface area contributed by atoms with E-state index in [0.29, 0.717) is 55.3 Å². The number of hydrogen-bond acceptors (Lipinski definition) is 7. The first-order valence-electron chi connectivity index (χ1n) is 13.4. The molecule has 5 rings (SSSR count). The van der Waals surface area contributed by atoms with E-state index >= 15 is 0 Å². The van der Waals surface area contributed by atoms with E-state index in [1.165, 1.54) is 11.1 Å². The third-order valence-electron chi connectivity index (χ3n) is 7.05. The van der Waals surface area contributed by atoms with E-state index in [-0.39, 0.29) is 24.0 Å². The van der Waals surface area contributed by atoms with Crippen LogP contribution in [0.1, 0.15) is 56.3 Å². The molecule has 38 heavy (non-hydrogen) atoms. The molecule has 3 aromatic rings. The Morgan fingerprint density at radius 1 is 1.08 bits per heavy atom. The maximum absolute atomic E-state index is 13.4. The fourth-order valence-electron chi connectivity index (χ4n) is 5.04. The van der Waals surface area contributed by atoms with Crippen molar-refractivity contribution >= 4 is 23.0 Å². The van der Waals surface area contributed by atoms with Crippen LogP contribution in [0, 0.1) is 0 Å². The predicted molar refractivity (Wildman–Crippen MR) is 145 cm³/mol.